The van der Waals surface area contributed by atoms with Crippen molar-refractivity contribution >= 4 is 0 Å². The lowest BCUT2D eigenvalue weighted by Crippen LogP contribution is -2.39. The van der Waals surface area contributed by atoms with Crippen LogP contribution in [0.2, 0.25) is 0 Å². The predicted octanol–water partition coefficient (Wildman–Crippen LogP) is -0.0937. The van der Waals surface area contributed by atoms with Crippen molar-refractivity contribution in [2.45, 2.75) is 32.4 Å². The SMILES string of the molecule is CC(C)(C)OC1(N)NO1. The van der Waals surface area contributed by atoms with Crippen LogP contribution in [0.25, 0.3) is 0 Å². The van der Waals surface area contributed by atoms with Crippen LogP contribution < -0.4 is 11.2 Å². The standard InChI is InChI=1S/C5H12N2O2/c1-4(2,3)8-5(6)7-9-5/h7H,6H2,1-3H3. The van der Waals surface area contributed by atoms with Crippen molar-refractivity contribution < 1.29 is 9.57 Å². The van der Waals surface area contributed by atoms with Crippen molar-refractivity contribution in [3.63, 3.8) is 0 Å². The summed E-state index contributed by atoms with van der Waals surface area (Å²) in [6.07, 6.45) is 0. The summed E-state index contributed by atoms with van der Waals surface area (Å²) in [6, 6.07) is -1.02. The molecule has 0 aromatic carbocycles. The lowest BCUT2D eigenvalue weighted by Gasteiger charge is -2.20. The number of nitrogens with one attached hydrogen (secondary N) is 1. The zero-order valence-electron chi connectivity index (χ0n) is 5.89. The van der Waals surface area contributed by atoms with E-state index in [4.69, 9.17) is 10.5 Å². The molecule has 0 bridgehead atoms. The molecule has 1 aliphatic rings. The van der Waals surface area contributed by atoms with Crippen LogP contribution in [0.15, 0.2) is 0 Å². The molecule has 4 heteroatoms. The van der Waals surface area contributed by atoms with Crippen LogP contribution in [0.3, 0.4) is 0 Å². The van der Waals surface area contributed by atoms with Crippen molar-refractivity contribution in [3.05, 3.63) is 0 Å². The molecule has 0 spiro atoms. The first-order valence-corrected chi connectivity index (χ1v) is 2.86. The van der Waals surface area contributed by atoms with Gasteiger partial charge in [0.15, 0.2) is 0 Å². The molecule has 3 N–H and O–H groups in total. The Bertz CT molecular complexity index is 111. The van der Waals surface area contributed by atoms with Crippen LogP contribution in [0, 0.1) is 0 Å². The summed E-state index contributed by atoms with van der Waals surface area (Å²) in [5, 5.41) is 0. The molecule has 1 fully saturated rings. The van der Waals surface area contributed by atoms with Gasteiger partial charge in [0.05, 0.1) is 5.60 Å². The normalized spacial score (nSPS) is 34.7. The highest BCUT2D eigenvalue weighted by Crippen LogP contribution is 2.21. The minimum atomic E-state index is -1.02. The van der Waals surface area contributed by atoms with Crippen molar-refractivity contribution in [1.29, 1.82) is 0 Å². The molecule has 0 aliphatic carbocycles. The van der Waals surface area contributed by atoms with Gasteiger partial charge in [0, 0.05) is 0 Å². The summed E-state index contributed by atoms with van der Waals surface area (Å²) in [6.45, 7) is 5.72. The maximum absolute atomic E-state index is 5.38. The van der Waals surface area contributed by atoms with Crippen molar-refractivity contribution in [2.75, 3.05) is 0 Å². The van der Waals surface area contributed by atoms with E-state index in [2.05, 4.69) is 10.3 Å². The molecule has 4 nitrogen and oxygen atoms in total. The first-order valence-electron chi connectivity index (χ1n) is 2.86. The number of rotatable bonds is 1. The number of hydrogen-bond acceptors (Lipinski definition) is 4. The Labute approximate surface area is 54.3 Å². The van der Waals surface area contributed by atoms with Gasteiger partial charge < -0.3 is 4.74 Å². The van der Waals surface area contributed by atoms with Gasteiger partial charge in [-0.2, -0.15) is 0 Å². The van der Waals surface area contributed by atoms with Gasteiger partial charge in [-0.15, -0.1) is 5.48 Å². The van der Waals surface area contributed by atoms with Crippen molar-refractivity contribution in [3.8, 4) is 0 Å². The molecule has 1 aliphatic heterocycles. The van der Waals surface area contributed by atoms with Gasteiger partial charge in [0.25, 0.3) is 0 Å². The molecule has 1 rings (SSSR count). The Kier molecular flexibility index (Phi) is 1.29. The van der Waals surface area contributed by atoms with E-state index in [9.17, 15) is 0 Å². The van der Waals surface area contributed by atoms with E-state index in [1.165, 1.54) is 0 Å². The van der Waals surface area contributed by atoms with Gasteiger partial charge in [-0.25, -0.2) is 4.84 Å². The molecular formula is C5H12N2O2. The minimum absolute atomic E-state index is 0.266. The maximum atomic E-state index is 5.38. The average Bonchev–Trinajstić information content (AvgIpc) is 2.12. The summed E-state index contributed by atoms with van der Waals surface area (Å²) < 4.78 is 5.18. The van der Waals surface area contributed by atoms with Crippen LogP contribution >= 0.6 is 0 Å². The Morgan fingerprint density at radius 3 is 2.11 bits per heavy atom. The zero-order valence-corrected chi connectivity index (χ0v) is 5.89. The van der Waals surface area contributed by atoms with Crippen LogP contribution in [0.4, 0.5) is 0 Å². The lowest BCUT2D eigenvalue weighted by atomic mass is 10.2. The van der Waals surface area contributed by atoms with E-state index in [0.29, 0.717) is 0 Å². The predicted molar refractivity (Wildman–Crippen MR) is 32.0 cm³/mol. The fraction of sp³-hybridized carbons (Fsp3) is 1.00. The summed E-state index contributed by atoms with van der Waals surface area (Å²) in [5.41, 5.74) is 7.53. The molecule has 54 valence electrons. The van der Waals surface area contributed by atoms with Crippen LogP contribution in [0.5, 0.6) is 0 Å². The van der Waals surface area contributed by atoms with Gasteiger partial charge >= 0.3 is 6.03 Å². The maximum Gasteiger partial charge on any atom is 0.328 e. The van der Waals surface area contributed by atoms with Gasteiger partial charge in [0.2, 0.25) is 0 Å². The zero-order chi connectivity index (χ0) is 7.12. The third-order valence-electron chi connectivity index (χ3n) is 0.761. The molecule has 1 heterocycles. The monoisotopic (exact) mass is 132 g/mol. The fourth-order valence-corrected chi connectivity index (χ4v) is 0.547. The van der Waals surface area contributed by atoms with E-state index in [0.717, 1.165) is 0 Å². The number of hydroxylamine groups is 1. The average molecular weight is 132 g/mol. The Morgan fingerprint density at radius 1 is 1.56 bits per heavy atom. The third-order valence-corrected chi connectivity index (χ3v) is 0.761. The smallest absolute Gasteiger partial charge is 0.316 e. The fourth-order valence-electron chi connectivity index (χ4n) is 0.547. The van der Waals surface area contributed by atoms with Crippen LogP contribution in [-0.4, -0.2) is 11.6 Å². The minimum Gasteiger partial charge on any atom is -0.316 e. The molecule has 1 atom stereocenters. The highest BCUT2D eigenvalue weighted by atomic mass is 17.0. The second-order valence-electron chi connectivity index (χ2n) is 3.09. The van der Waals surface area contributed by atoms with E-state index < -0.39 is 6.03 Å². The largest absolute Gasteiger partial charge is 0.328 e. The second kappa shape index (κ2) is 1.67. The van der Waals surface area contributed by atoms with Gasteiger partial charge in [-0.1, -0.05) is 0 Å². The summed E-state index contributed by atoms with van der Waals surface area (Å²) in [4.78, 5) is 4.58. The first kappa shape index (κ1) is 6.95. The first-order chi connectivity index (χ1) is 3.91. The summed E-state index contributed by atoms with van der Waals surface area (Å²) >= 11 is 0. The second-order valence-corrected chi connectivity index (χ2v) is 3.09. The van der Waals surface area contributed by atoms with E-state index in [-0.39, 0.29) is 5.60 Å². The topological polar surface area (TPSA) is 69.7 Å². The molecule has 0 aromatic heterocycles. The quantitative estimate of drug-likeness (QED) is 0.386. The van der Waals surface area contributed by atoms with Crippen molar-refractivity contribution in [1.82, 2.24) is 5.48 Å². The van der Waals surface area contributed by atoms with Gasteiger partial charge in [-0.3, -0.25) is 5.73 Å². The third kappa shape index (κ3) is 2.28. The van der Waals surface area contributed by atoms with Crippen LogP contribution in [0.1, 0.15) is 20.8 Å². The number of ether oxygens (including phenoxy) is 1. The summed E-state index contributed by atoms with van der Waals surface area (Å²) in [7, 11) is 0. The van der Waals surface area contributed by atoms with Crippen LogP contribution in [-0.2, 0) is 9.57 Å². The molecule has 1 saturated heterocycles. The number of hydrogen-bond donors (Lipinski definition) is 2. The highest BCUT2D eigenvalue weighted by molar-refractivity contribution is 4.69. The van der Waals surface area contributed by atoms with E-state index in [1.807, 2.05) is 20.8 Å². The Balaban J connectivity index is 2.33. The Morgan fingerprint density at radius 2 is 2.00 bits per heavy atom. The molecule has 1 unspecified atom stereocenters. The van der Waals surface area contributed by atoms with E-state index in [1.54, 1.807) is 0 Å². The van der Waals surface area contributed by atoms with Gasteiger partial charge in [0.1, 0.15) is 0 Å². The van der Waals surface area contributed by atoms with Gasteiger partial charge in [-0.05, 0) is 20.8 Å². The van der Waals surface area contributed by atoms with Crippen molar-refractivity contribution in [2.24, 2.45) is 5.73 Å². The number of nitrogens with two attached hydrogens (primary N) is 1. The summed E-state index contributed by atoms with van der Waals surface area (Å²) in [5.74, 6) is 0. The molecule has 9 heavy (non-hydrogen) atoms. The molecular weight excluding hydrogens is 120 g/mol. The van der Waals surface area contributed by atoms with E-state index >= 15 is 0 Å². The molecule has 0 aromatic rings. The molecule has 0 amide bonds. The highest BCUT2D eigenvalue weighted by Gasteiger charge is 2.45. The lowest BCUT2D eigenvalue weighted by molar-refractivity contribution is -0.124. The molecule has 0 saturated carbocycles. The Hall–Kier alpha value is -0.160. The molecule has 0 radical (unpaired) electrons.